The second kappa shape index (κ2) is 7.87. The number of halogens is 1. The SMILES string of the molecule is Cc1cccc(N2CCN(C/C(Cl)=C/c3ccccc3)CC2)c1C. The smallest absolute Gasteiger partial charge is 0.0399 e. The van der Waals surface area contributed by atoms with Gasteiger partial charge in [0.15, 0.2) is 0 Å². The summed E-state index contributed by atoms with van der Waals surface area (Å²) >= 11 is 6.45. The molecule has 0 aliphatic carbocycles. The molecule has 2 aromatic rings. The molecular weight excluding hydrogens is 316 g/mol. The summed E-state index contributed by atoms with van der Waals surface area (Å²) in [5, 5.41) is 0.904. The molecule has 3 rings (SSSR count). The first-order valence-corrected chi connectivity index (χ1v) is 8.96. The molecule has 0 N–H and O–H groups in total. The number of hydrogen-bond acceptors (Lipinski definition) is 2. The van der Waals surface area contributed by atoms with Gasteiger partial charge >= 0.3 is 0 Å². The summed E-state index contributed by atoms with van der Waals surface area (Å²) in [6.45, 7) is 9.44. The minimum Gasteiger partial charge on any atom is -0.369 e. The maximum absolute atomic E-state index is 6.45. The number of anilines is 1. The molecule has 2 nitrogen and oxygen atoms in total. The van der Waals surface area contributed by atoms with Gasteiger partial charge in [0.05, 0.1) is 0 Å². The summed E-state index contributed by atoms with van der Waals surface area (Å²) in [4.78, 5) is 4.93. The molecule has 0 unspecified atom stereocenters. The monoisotopic (exact) mass is 340 g/mol. The van der Waals surface area contributed by atoms with Crippen molar-refractivity contribution in [2.24, 2.45) is 0 Å². The van der Waals surface area contributed by atoms with Gasteiger partial charge in [0.25, 0.3) is 0 Å². The topological polar surface area (TPSA) is 6.48 Å². The highest BCUT2D eigenvalue weighted by molar-refractivity contribution is 6.31. The Morgan fingerprint density at radius 1 is 0.958 bits per heavy atom. The van der Waals surface area contributed by atoms with Crippen LogP contribution in [0, 0.1) is 13.8 Å². The highest BCUT2D eigenvalue weighted by Gasteiger charge is 2.19. The predicted octanol–water partition coefficient (Wildman–Crippen LogP) is 4.71. The highest BCUT2D eigenvalue weighted by atomic mass is 35.5. The molecule has 0 bridgehead atoms. The van der Waals surface area contributed by atoms with Crippen LogP contribution in [-0.4, -0.2) is 37.6 Å². The van der Waals surface area contributed by atoms with Crippen molar-refractivity contribution in [3.8, 4) is 0 Å². The van der Waals surface area contributed by atoms with Crippen LogP contribution < -0.4 is 4.90 Å². The van der Waals surface area contributed by atoms with Crippen molar-refractivity contribution in [2.75, 3.05) is 37.6 Å². The zero-order valence-corrected chi connectivity index (χ0v) is 15.3. The van der Waals surface area contributed by atoms with E-state index < -0.39 is 0 Å². The highest BCUT2D eigenvalue weighted by Crippen LogP contribution is 2.24. The normalized spacial score (nSPS) is 16.5. The van der Waals surface area contributed by atoms with Crippen LogP contribution in [0.25, 0.3) is 6.08 Å². The molecule has 0 atom stereocenters. The molecule has 1 fully saturated rings. The van der Waals surface area contributed by atoms with Crippen LogP contribution in [0.15, 0.2) is 53.6 Å². The largest absolute Gasteiger partial charge is 0.369 e. The van der Waals surface area contributed by atoms with E-state index in [-0.39, 0.29) is 0 Å². The van der Waals surface area contributed by atoms with Gasteiger partial charge in [-0.1, -0.05) is 54.1 Å². The van der Waals surface area contributed by atoms with Crippen LogP contribution in [0.4, 0.5) is 5.69 Å². The molecule has 0 radical (unpaired) electrons. The van der Waals surface area contributed by atoms with Crippen LogP contribution in [0.3, 0.4) is 0 Å². The van der Waals surface area contributed by atoms with E-state index in [0.717, 1.165) is 43.3 Å². The first-order valence-electron chi connectivity index (χ1n) is 8.58. The molecule has 0 amide bonds. The Balaban J connectivity index is 1.57. The van der Waals surface area contributed by atoms with Gasteiger partial charge in [-0.3, -0.25) is 4.90 Å². The number of benzene rings is 2. The Bertz CT molecular complexity index is 701. The lowest BCUT2D eigenvalue weighted by Gasteiger charge is -2.37. The van der Waals surface area contributed by atoms with Crippen molar-refractivity contribution in [2.45, 2.75) is 13.8 Å². The summed E-state index contributed by atoms with van der Waals surface area (Å²) in [6, 6.07) is 16.9. The third-order valence-electron chi connectivity index (χ3n) is 4.79. The molecule has 1 aliphatic rings. The van der Waals surface area contributed by atoms with Crippen molar-refractivity contribution >= 4 is 23.4 Å². The summed E-state index contributed by atoms with van der Waals surface area (Å²) in [5.41, 5.74) is 5.30. The van der Waals surface area contributed by atoms with Crippen molar-refractivity contribution in [1.29, 1.82) is 0 Å². The Morgan fingerprint density at radius 2 is 1.67 bits per heavy atom. The molecule has 24 heavy (non-hydrogen) atoms. The average molecular weight is 341 g/mol. The van der Waals surface area contributed by atoms with Gasteiger partial charge in [-0.2, -0.15) is 0 Å². The summed E-state index contributed by atoms with van der Waals surface area (Å²) in [5.74, 6) is 0. The molecule has 0 saturated carbocycles. The molecule has 1 heterocycles. The van der Waals surface area contributed by atoms with Gasteiger partial charge in [-0.15, -0.1) is 0 Å². The zero-order chi connectivity index (χ0) is 16.9. The van der Waals surface area contributed by atoms with E-state index >= 15 is 0 Å². The Labute approximate surface area is 150 Å². The van der Waals surface area contributed by atoms with Crippen LogP contribution in [0.2, 0.25) is 0 Å². The van der Waals surface area contributed by atoms with Crippen LogP contribution in [0.5, 0.6) is 0 Å². The fraction of sp³-hybridized carbons (Fsp3) is 0.333. The molecule has 126 valence electrons. The van der Waals surface area contributed by atoms with Gasteiger partial charge in [0, 0.05) is 43.4 Å². The zero-order valence-electron chi connectivity index (χ0n) is 14.5. The number of rotatable bonds is 4. The number of aryl methyl sites for hydroxylation is 1. The first-order chi connectivity index (χ1) is 11.6. The van der Waals surface area contributed by atoms with E-state index in [0.29, 0.717) is 0 Å². The Kier molecular flexibility index (Phi) is 5.60. The van der Waals surface area contributed by atoms with E-state index in [1.807, 2.05) is 18.2 Å². The van der Waals surface area contributed by atoms with Gasteiger partial charge in [0.1, 0.15) is 0 Å². The lowest BCUT2D eigenvalue weighted by atomic mass is 10.1. The van der Waals surface area contributed by atoms with E-state index in [2.05, 4.69) is 60.1 Å². The standard InChI is InChI=1S/C21H25ClN2/c1-17-7-6-10-21(18(17)2)24-13-11-23(12-14-24)16-20(22)15-19-8-4-3-5-9-19/h3-10,15H,11-14,16H2,1-2H3/b20-15-. The summed E-state index contributed by atoms with van der Waals surface area (Å²) in [6.07, 6.45) is 2.07. The number of nitrogens with zero attached hydrogens (tertiary/aromatic N) is 2. The van der Waals surface area contributed by atoms with Crippen LogP contribution >= 0.6 is 11.6 Å². The molecule has 3 heteroatoms. The van der Waals surface area contributed by atoms with Crippen molar-refractivity contribution in [1.82, 2.24) is 4.90 Å². The minimum absolute atomic E-state index is 0.830. The van der Waals surface area contributed by atoms with Gasteiger partial charge < -0.3 is 4.90 Å². The van der Waals surface area contributed by atoms with E-state index in [9.17, 15) is 0 Å². The maximum Gasteiger partial charge on any atom is 0.0399 e. The van der Waals surface area contributed by atoms with Gasteiger partial charge in [-0.05, 0) is 42.7 Å². The lowest BCUT2D eigenvalue weighted by molar-refractivity contribution is 0.282. The number of hydrogen-bond donors (Lipinski definition) is 0. The lowest BCUT2D eigenvalue weighted by Crippen LogP contribution is -2.47. The van der Waals surface area contributed by atoms with Crippen LogP contribution in [0.1, 0.15) is 16.7 Å². The first kappa shape index (κ1) is 17.1. The van der Waals surface area contributed by atoms with E-state index in [1.165, 1.54) is 16.8 Å². The second-order valence-corrected chi connectivity index (χ2v) is 6.97. The predicted molar refractivity (Wildman–Crippen MR) is 105 cm³/mol. The van der Waals surface area contributed by atoms with Gasteiger partial charge in [0.2, 0.25) is 0 Å². The van der Waals surface area contributed by atoms with Crippen molar-refractivity contribution in [3.05, 3.63) is 70.3 Å². The van der Waals surface area contributed by atoms with Crippen LogP contribution in [-0.2, 0) is 0 Å². The quantitative estimate of drug-likeness (QED) is 0.795. The van der Waals surface area contributed by atoms with Crippen molar-refractivity contribution < 1.29 is 0 Å². The Hall–Kier alpha value is -1.77. The van der Waals surface area contributed by atoms with Crippen molar-refractivity contribution in [3.63, 3.8) is 0 Å². The Morgan fingerprint density at radius 3 is 2.38 bits per heavy atom. The minimum atomic E-state index is 0.830. The third-order valence-corrected chi connectivity index (χ3v) is 5.02. The molecule has 0 spiro atoms. The fourth-order valence-electron chi connectivity index (χ4n) is 3.21. The summed E-state index contributed by atoms with van der Waals surface area (Å²) < 4.78 is 0. The molecule has 1 saturated heterocycles. The maximum atomic E-state index is 6.45. The molecule has 2 aromatic carbocycles. The fourth-order valence-corrected chi connectivity index (χ4v) is 3.51. The number of piperazine rings is 1. The van der Waals surface area contributed by atoms with Gasteiger partial charge in [-0.25, -0.2) is 0 Å². The summed E-state index contributed by atoms with van der Waals surface area (Å²) in [7, 11) is 0. The molecule has 0 aromatic heterocycles. The average Bonchev–Trinajstić information content (AvgIpc) is 2.59. The molecular formula is C21H25ClN2. The van der Waals surface area contributed by atoms with E-state index in [4.69, 9.17) is 11.6 Å². The molecule has 1 aliphatic heterocycles. The van der Waals surface area contributed by atoms with E-state index in [1.54, 1.807) is 0 Å². The second-order valence-electron chi connectivity index (χ2n) is 6.48. The third kappa shape index (κ3) is 4.19.